The minimum absolute atomic E-state index is 0.0233. The van der Waals surface area contributed by atoms with E-state index in [1.807, 2.05) is 19.9 Å². The normalized spacial score (nSPS) is 53.0. The lowest BCUT2D eigenvalue weighted by Crippen LogP contribution is -2.68. The molecule has 0 unspecified atom stereocenters. The zero-order valence-corrected chi connectivity index (χ0v) is 45.8. The van der Waals surface area contributed by atoms with Crippen molar-refractivity contribution in [1.82, 2.24) is 0 Å². The highest BCUT2D eigenvalue weighted by Gasteiger charge is 2.72. The van der Waals surface area contributed by atoms with Crippen LogP contribution >= 0.6 is 0 Å². The molecule has 0 amide bonds. The van der Waals surface area contributed by atoms with Gasteiger partial charge < -0.3 is 114 Å². The molecule has 0 spiro atoms. The van der Waals surface area contributed by atoms with Gasteiger partial charge in [-0.25, -0.2) is 0 Å². The highest BCUT2D eigenvalue weighted by molar-refractivity contribution is 5.21. The summed E-state index contributed by atoms with van der Waals surface area (Å²) in [5, 5.41) is 162. The lowest BCUT2D eigenvalue weighted by Gasteiger charge is -2.71. The van der Waals surface area contributed by atoms with Crippen LogP contribution in [0.3, 0.4) is 0 Å². The summed E-state index contributed by atoms with van der Waals surface area (Å²) in [6.07, 6.45) is -24.7. The van der Waals surface area contributed by atoms with Gasteiger partial charge in [0.1, 0.15) is 91.6 Å². The van der Waals surface area contributed by atoms with Crippen molar-refractivity contribution >= 4 is 0 Å². The summed E-state index contributed by atoms with van der Waals surface area (Å²) in [5.41, 5.74) is -2.05. The van der Waals surface area contributed by atoms with Crippen molar-refractivity contribution in [2.24, 2.45) is 45.3 Å². The van der Waals surface area contributed by atoms with Crippen molar-refractivity contribution in [2.45, 2.75) is 254 Å². The van der Waals surface area contributed by atoms with Gasteiger partial charge in [-0.1, -0.05) is 46.3 Å². The zero-order valence-electron chi connectivity index (χ0n) is 45.8. The van der Waals surface area contributed by atoms with Gasteiger partial charge >= 0.3 is 0 Å². The molecule has 0 bridgehead atoms. The number of fused-ring (bicyclic) bond motifs is 5. The lowest BCUT2D eigenvalue weighted by molar-refractivity contribution is -0.378. The Morgan fingerprint density at radius 1 is 0.584 bits per heavy atom. The van der Waals surface area contributed by atoms with Gasteiger partial charge in [0, 0.05) is 0 Å². The Morgan fingerprint density at radius 2 is 1.14 bits per heavy atom. The standard InChI is InChI=1S/C54H92O23/c1-23(19-55)10-9-14-54(8,77-48-44(69)40(65)37(62)29(74-48)22-70-46-42(67)38(63)34(59)24(2)71-46)25-11-16-53(7)33(25)26(58)18-31-51(5)15-13-32(50(3,4)30(51)12-17-52(31,53)6)75-49-45(41(66)36(61)28(21-57)73-49)76-47-43(68)39(64)35(60)27(20-56)72-47/h10,24-49,55-69H,9,11-22H2,1-8H3/b23-10+/t24-,25+,26-,27+,28+,29-,30+,31-,32-,33+,34+,35-,36+,37-,38-,39+,40+,41+,42+,43-,44+,45+,46-,47+,48+,49-,51-,52-,53+,54+/m1/s1. The van der Waals surface area contributed by atoms with E-state index in [4.69, 9.17) is 37.9 Å². The Balaban J connectivity index is 1.02. The maximum atomic E-state index is 12.8. The second kappa shape index (κ2) is 23.5. The Bertz CT molecular complexity index is 2000. The van der Waals surface area contributed by atoms with Gasteiger partial charge in [0.05, 0.1) is 50.3 Å². The van der Waals surface area contributed by atoms with Crippen molar-refractivity contribution in [3.05, 3.63) is 11.6 Å². The van der Waals surface area contributed by atoms with E-state index in [-0.39, 0.29) is 41.1 Å². The molecule has 0 aromatic heterocycles. The summed E-state index contributed by atoms with van der Waals surface area (Å²) < 4.78 is 49.0. The van der Waals surface area contributed by atoms with Crippen LogP contribution in [0, 0.1) is 45.3 Å². The van der Waals surface area contributed by atoms with Crippen LogP contribution in [0.1, 0.15) is 113 Å². The van der Waals surface area contributed by atoms with Crippen LogP contribution in [-0.2, 0) is 37.9 Å². The third kappa shape index (κ3) is 10.9. The number of ether oxygens (including phenoxy) is 8. The van der Waals surface area contributed by atoms with E-state index in [1.54, 1.807) is 0 Å². The molecule has 8 aliphatic rings. The molecule has 4 heterocycles. The van der Waals surface area contributed by atoms with Crippen LogP contribution < -0.4 is 0 Å². The number of rotatable bonds is 16. The largest absolute Gasteiger partial charge is 0.394 e. The van der Waals surface area contributed by atoms with E-state index in [9.17, 15) is 76.6 Å². The molecule has 0 aromatic carbocycles. The highest BCUT2D eigenvalue weighted by atomic mass is 16.8. The summed E-state index contributed by atoms with van der Waals surface area (Å²) >= 11 is 0. The molecule has 23 nitrogen and oxygen atoms in total. The maximum absolute atomic E-state index is 12.8. The van der Waals surface area contributed by atoms with Gasteiger partial charge in [0.25, 0.3) is 0 Å². The fraction of sp³-hybridized carbons (Fsp3) is 0.963. The molecule has 4 aliphatic heterocycles. The monoisotopic (exact) mass is 1110 g/mol. The smallest absolute Gasteiger partial charge is 0.187 e. The second-order valence-electron chi connectivity index (χ2n) is 25.7. The summed E-state index contributed by atoms with van der Waals surface area (Å²) in [4.78, 5) is 0. The van der Waals surface area contributed by atoms with Gasteiger partial charge in [-0.2, -0.15) is 0 Å². The lowest BCUT2D eigenvalue weighted by atomic mass is 9.35. The first kappa shape index (κ1) is 61.9. The maximum Gasteiger partial charge on any atom is 0.187 e. The van der Waals surface area contributed by atoms with Crippen molar-refractivity contribution in [1.29, 1.82) is 0 Å². The van der Waals surface area contributed by atoms with E-state index < -0.39 is 171 Å². The average Bonchev–Trinajstić information content (AvgIpc) is 3.92. The molecule has 0 aromatic rings. The van der Waals surface area contributed by atoms with Gasteiger partial charge in [0.2, 0.25) is 0 Å². The molecule has 23 heteroatoms. The Morgan fingerprint density at radius 3 is 1.78 bits per heavy atom. The first-order valence-corrected chi connectivity index (χ1v) is 27.9. The first-order valence-electron chi connectivity index (χ1n) is 27.9. The van der Waals surface area contributed by atoms with Crippen LogP contribution in [-0.4, -0.2) is 244 Å². The Labute approximate surface area is 450 Å². The van der Waals surface area contributed by atoms with Crippen molar-refractivity contribution in [3.63, 3.8) is 0 Å². The predicted molar refractivity (Wildman–Crippen MR) is 266 cm³/mol. The number of aliphatic hydroxyl groups excluding tert-OH is 15. The minimum atomic E-state index is -1.82. The fourth-order valence-corrected chi connectivity index (χ4v) is 16.2. The van der Waals surface area contributed by atoms with Crippen molar-refractivity contribution in [3.8, 4) is 0 Å². The third-order valence-electron chi connectivity index (χ3n) is 21.0. The molecule has 8 rings (SSSR count). The molecular formula is C54H92O23. The molecular weight excluding hydrogens is 1020 g/mol. The molecule has 4 saturated carbocycles. The molecule has 8 fully saturated rings. The van der Waals surface area contributed by atoms with Gasteiger partial charge in [-0.15, -0.1) is 0 Å². The van der Waals surface area contributed by atoms with Crippen LogP contribution in [0.25, 0.3) is 0 Å². The Hall–Kier alpha value is -1.18. The summed E-state index contributed by atoms with van der Waals surface area (Å²) in [7, 11) is 0. The molecule has 77 heavy (non-hydrogen) atoms. The van der Waals surface area contributed by atoms with Gasteiger partial charge in [0.15, 0.2) is 25.2 Å². The molecule has 30 atom stereocenters. The average molecular weight is 1110 g/mol. The summed E-state index contributed by atoms with van der Waals surface area (Å²) in [6, 6.07) is 0. The molecule has 4 aliphatic carbocycles. The fourth-order valence-electron chi connectivity index (χ4n) is 16.2. The highest BCUT2D eigenvalue weighted by Crippen LogP contribution is 2.76. The van der Waals surface area contributed by atoms with E-state index in [2.05, 4.69) is 34.6 Å². The van der Waals surface area contributed by atoms with Crippen LogP contribution in [0.4, 0.5) is 0 Å². The van der Waals surface area contributed by atoms with E-state index >= 15 is 0 Å². The van der Waals surface area contributed by atoms with Gasteiger partial charge in [-0.3, -0.25) is 0 Å². The second-order valence-corrected chi connectivity index (χ2v) is 25.7. The number of aliphatic hydroxyl groups is 15. The number of hydrogen-bond acceptors (Lipinski definition) is 23. The van der Waals surface area contributed by atoms with Crippen molar-refractivity contribution < 1.29 is 114 Å². The first-order chi connectivity index (χ1) is 36.0. The Kier molecular flexibility index (Phi) is 18.9. The summed E-state index contributed by atoms with van der Waals surface area (Å²) in [5.74, 6) is -0.566. The summed E-state index contributed by atoms with van der Waals surface area (Å²) in [6.45, 7) is 14.4. The van der Waals surface area contributed by atoms with Crippen LogP contribution in [0.5, 0.6) is 0 Å². The third-order valence-corrected chi connectivity index (χ3v) is 21.0. The topological polar surface area (TPSA) is 377 Å². The minimum Gasteiger partial charge on any atom is -0.394 e. The van der Waals surface area contributed by atoms with Gasteiger partial charge in [-0.05, 0) is 124 Å². The number of allylic oxidation sites excluding steroid dienone is 1. The zero-order chi connectivity index (χ0) is 56.6. The van der Waals surface area contributed by atoms with E-state index in [1.165, 1.54) is 6.92 Å². The van der Waals surface area contributed by atoms with Crippen LogP contribution in [0.2, 0.25) is 0 Å². The quantitative estimate of drug-likeness (QED) is 0.0576. The van der Waals surface area contributed by atoms with Crippen LogP contribution in [0.15, 0.2) is 11.6 Å². The van der Waals surface area contributed by atoms with Crippen molar-refractivity contribution in [2.75, 3.05) is 26.4 Å². The number of hydrogen-bond donors (Lipinski definition) is 15. The van der Waals surface area contributed by atoms with E-state index in [0.717, 1.165) is 24.8 Å². The molecule has 15 N–H and O–H groups in total. The molecule has 446 valence electrons. The molecule has 4 saturated heterocycles. The van der Waals surface area contributed by atoms with E-state index in [0.29, 0.717) is 38.5 Å². The predicted octanol–water partition coefficient (Wildman–Crippen LogP) is -2.20. The SMILES string of the molecule is C/C(=C\CC[C@](C)(O[C@@H]1O[C@H](CO[C@@H]2O[C@H](C)[C@H](O)[C@@H](O)[C@@H]2O)[C@@H](O)[C@H](O)[C@@H]1O)[C@H]1CC[C@@]2(C)[C@@H]1[C@H](O)C[C@@H]1[C@]3(C)CC[C@@H](O[C@H]4O[C@@H](CO)[C@H](O)[C@H](O)[C@@H]4O[C@@H]4O[C@@H](CO)[C@@H](O)[C@H](O)[C@H]4O)C(C)(C)[C@@H]3CC[C@]12C)CO. The molecule has 0 radical (unpaired) electrons.